The number of carboxylic acids is 1. The summed E-state index contributed by atoms with van der Waals surface area (Å²) in [4.78, 5) is 185. The fraction of sp³-hybridized carbons (Fsp3) is 0.658. The fourth-order valence-electron chi connectivity index (χ4n) is 13.3. The van der Waals surface area contributed by atoms with Crippen molar-refractivity contribution < 1.29 is 86.8 Å². The lowest BCUT2D eigenvalue weighted by molar-refractivity contribution is -0.148. The Morgan fingerprint density at radius 1 is 0.633 bits per heavy atom. The van der Waals surface area contributed by atoms with Crippen molar-refractivity contribution in [1.82, 2.24) is 51.9 Å². The van der Waals surface area contributed by atoms with Gasteiger partial charge >= 0.3 is 12.1 Å². The number of aliphatic hydroxyl groups excluding tert-OH is 1. The van der Waals surface area contributed by atoms with Gasteiger partial charge in [0.25, 0.3) is 0 Å². The molecule has 15 atom stereocenters. The van der Waals surface area contributed by atoms with Crippen LogP contribution in [0.2, 0.25) is 0 Å². The molecule has 12 amide bonds. The van der Waals surface area contributed by atoms with Gasteiger partial charge in [-0.25, -0.2) is 4.79 Å². The van der Waals surface area contributed by atoms with E-state index in [2.05, 4.69) is 47.5 Å². The SMILES string of the molecule is CC[C@H](C)[C@@H]([C@@H](CC(=O)N1CCC[C@H]1[C@H](OC)[C@@H](C)C(=O)N[C@H](C)[C@@H](O)c1ccccc1)OC)N(C)C(=O)[C@@H](NC(=O)[C@H](C(C)C)N(C)C(=O)OCc1ccc(NC(=O)[C@H](CCC(=O)O)NC(=O)[C@H](CC(C)C)NC(=O)[C@H](CCCN=C(N)N)NC(=O)[C@@H](NC(=O)[C@H](CCC(N)=O)NC(C)=O)C(C)C)cc1)C(C)C. The van der Waals surface area contributed by atoms with Gasteiger partial charge in [-0.05, 0) is 105 Å². The van der Waals surface area contributed by atoms with Gasteiger partial charge in [0, 0.05) is 66.9 Å². The number of aliphatic hydroxyl groups is 1. The summed E-state index contributed by atoms with van der Waals surface area (Å²) in [6.07, 6.45) is -2.95. The zero-order valence-corrected chi connectivity index (χ0v) is 66.5. The molecular formula is C76H123N15O18. The van der Waals surface area contributed by atoms with Crippen LogP contribution >= 0.6 is 0 Å². The first-order valence-electron chi connectivity index (χ1n) is 37.5. The number of aliphatic carboxylic acids is 1. The summed E-state index contributed by atoms with van der Waals surface area (Å²) < 4.78 is 17.8. The van der Waals surface area contributed by atoms with E-state index in [9.17, 15) is 72.5 Å². The predicted molar refractivity (Wildman–Crippen MR) is 408 cm³/mol. The van der Waals surface area contributed by atoms with E-state index in [0.717, 1.165) is 4.90 Å². The molecule has 610 valence electrons. The molecule has 2 aromatic rings. The Kier molecular flexibility index (Phi) is 39.6. The molecule has 16 N–H and O–H groups in total. The number of aliphatic imine (C=N–C) groups is 1. The summed E-state index contributed by atoms with van der Waals surface area (Å²) >= 11 is 0. The molecule has 33 heteroatoms. The normalized spacial score (nSPS) is 16.7. The number of ether oxygens (including phenoxy) is 3. The van der Waals surface area contributed by atoms with Crippen LogP contribution < -0.4 is 59.7 Å². The van der Waals surface area contributed by atoms with Crippen molar-refractivity contribution in [2.24, 2.45) is 57.7 Å². The molecule has 0 unspecified atom stereocenters. The number of carbonyl (C=O) groups excluding carboxylic acids is 12. The van der Waals surface area contributed by atoms with E-state index in [-0.39, 0.29) is 93.4 Å². The smallest absolute Gasteiger partial charge is 0.410 e. The molecule has 0 spiro atoms. The molecule has 0 saturated carbocycles. The first-order valence-corrected chi connectivity index (χ1v) is 37.5. The number of likely N-dealkylation sites (N-methyl/N-ethyl adjacent to an activating group) is 2. The number of nitrogens with zero attached hydrogens (tertiary/aromatic N) is 4. The lowest BCUT2D eigenvalue weighted by atomic mass is 9.89. The van der Waals surface area contributed by atoms with Gasteiger partial charge in [-0.2, -0.15) is 0 Å². The summed E-state index contributed by atoms with van der Waals surface area (Å²) in [6.45, 7) is 22.4. The third-order valence-corrected chi connectivity index (χ3v) is 19.5. The maximum atomic E-state index is 14.9. The molecular weight excluding hydrogens is 1410 g/mol. The van der Waals surface area contributed by atoms with Crippen LogP contribution in [-0.4, -0.2) is 222 Å². The molecule has 1 saturated heterocycles. The fourth-order valence-corrected chi connectivity index (χ4v) is 13.3. The Labute approximate surface area is 640 Å². The van der Waals surface area contributed by atoms with E-state index >= 15 is 0 Å². The van der Waals surface area contributed by atoms with Crippen LogP contribution in [0.25, 0.3) is 0 Å². The molecule has 2 aromatic carbocycles. The van der Waals surface area contributed by atoms with Gasteiger partial charge in [0.05, 0.1) is 48.8 Å². The average Bonchev–Trinajstić information content (AvgIpc) is 1.77. The summed E-state index contributed by atoms with van der Waals surface area (Å²) in [5, 5.41) is 42.1. The highest BCUT2D eigenvalue weighted by atomic mass is 16.6. The second-order valence-corrected chi connectivity index (χ2v) is 29.7. The van der Waals surface area contributed by atoms with E-state index in [4.69, 9.17) is 31.4 Å². The second-order valence-electron chi connectivity index (χ2n) is 29.7. The van der Waals surface area contributed by atoms with Crippen molar-refractivity contribution in [2.75, 3.05) is 46.7 Å². The van der Waals surface area contributed by atoms with E-state index in [0.29, 0.717) is 36.9 Å². The Morgan fingerprint density at radius 3 is 1.73 bits per heavy atom. The number of likely N-dealkylation sites (tertiary alicyclic amines) is 1. The van der Waals surface area contributed by atoms with Crippen LogP contribution in [0, 0.1) is 35.5 Å². The molecule has 33 nitrogen and oxygen atoms in total. The number of rotatable bonds is 46. The summed E-state index contributed by atoms with van der Waals surface area (Å²) in [5.74, 6) is -11.4. The van der Waals surface area contributed by atoms with Gasteiger partial charge in [0.1, 0.15) is 48.9 Å². The van der Waals surface area contributed by atoms with E-state index in [1.165, 1.54) is 57.4 Å². The van der Waals surface area contributed by atoms with Gasteiger partial charge in [-0.3, -0.25) is 67.4 Å². The number of benzene rings is 2. The van der Waals surface area contributed by atoms with E-state index in [1.54, 1.807) is 105 Å². The lowest BCUT2D eigenvalue weighted by Gasteiger charge is -2.41. The number of carbonyl (C=O) groups is 13. The topological polar surface area (TPSA) is 486 Å². The van der Waals surface area contributed by atoms with Gasteiger partial charge in [0.15, 0.2) is 5.96 Å². The molecule has 1 fully saturated rings. The molecule has 0 radical (unpaired) electrons. The Morgan fingerprint density at radius 2 is 1.19 bits per heavy atom. The highest BCUT2D eigenvalue weighted by Gasteiger charge is 2.45. The minimum atomic E-state index is -1.48. The molecule has 3 rings (SSSR count). The van der Waals surface area contributed by atoms with Crippen LogP contribution in [0.3, 0.4) is 0 Å². The average molecular weight is 1530 g/mol. The van der Waals surface area contributed by atoms with Crippen molar-refractivity contribution in [1.29, 1.82) is 0 Å². The number of amides is 12. The molecule has 109 heavy (non-hydrogen) atoms. The van der Waals surface area contributed by atoms with E-state index < -0.39 is 174 Å². The van der Waals surface area contributed by atoms with Crippen LogP contribution in [-0.2, 0) is 78.4 Å². The van der Waals surface area contributed by atoms with Crippen molar-refractivity contribution in [2.45, 2.75) is 246 Å². The Balaban J connectivity index is 1.77. The third kappa shape index (κ3) is 30.1. The third-order valence-electron chi connectivity index (χ3n) is 19.5. The summed E-state index contributed by atoms with van der Waals surface area (Å²) in [5.41, 5.74) is 17.6. The number of nitrogens with one attached hydrogen (secondary N) is 8. The van der Waals surface area contributed by atoms with E-state index in [1.807, 2.05) is 19.9 Å². The molecule has 0 bridgehead atoms. The molecule has 1 heterocycles. The number of carboxylic acid groups (broad SMARTS) is 1. The quantitative estimate of drug-likeness (QED) is 0.0257. The Bertz CT molecular complexity index is 3370. The number of hydrogen-bond acceptors (Lipinski definition) is 18. The van der Waals surface area contributed by atoms with Gasteiger partial charge in [0.2, 0.25) is 65.0 Å². The van der Waals surface area contributed by atoms with Gasteiger partial charge in [-0.15, -0.1) is 0 Å². The minimum absolute atomic E-state index is 0.00230. The number of methoxy groups -OCH3 is 2. The maximum Gasteiger partial charge on any atom is 0.410 e. The molecule has 1 aliphatic heterocycles. The van der Waals surface area contributed by atoms with Crippen LogP contribution in [0.1, 0.15) is 178 Å². The maximum absolute atomic E-state index is 14.9. The zero-order chi connectivity index (χ0) is 82.3. The van der Waals surface area contributed by atoms with Crippen molar-refractivity contribution in [3.63, 3.8) is 0 Å². The first kappa shape index (κ1) is 93.7. The zero-order valence-electron chi connectivity index (χ0n) is 66.5. The standard InChI is InChI=1S/C76H123N15O18/c1-18-45(10)64(57(107-16)39-59(94)91-37-23-27-56(91)66(108-17)46(11)67(98)81-47(12)65(97)50-24-20-19-21-25-50)89(14)74(105)62(43(6)7)88-73(104)63(44(8)9)90(15)76(106)109-40-49-28-30-51(31-29-49)83-68(99)54(33-35-60(95)96)84-71(102)55(38-41(2)3)86-69(100)52(26-22-36-80-75(78)79)85-72(103)61(42(4)5)87-70(101)53(82-48(13)92)32-34-58(77)93/h19-21,24-25,28-31,41-47,52-57,61-66,97H,18,22-23,26-27,32-40H2,1-17H3,(H2,77,93)(H,81,98)(H,82,92)(H,83,99)(H,84,102)(H,85,103)(H,86,100)(H,87,101)(H,88,104)(H,95,96)(H4,78,79,80)/t45-,46+,47+,52-,53-,54-,55-,56-,57+,61-,62-,63-,64-,65+,66+/m0/s1. The summed E-state index contributed by atoms with van der Waals surface area (Å²) in [7, 11) is 5.99. The van der Waals surface area contributed by atoms with Crippen molar-refractivity contribution >= 4 is 88.7 Å². The Hall–Kier alpha value is -9.50. The molecule has 0 aromatic heterocycles. The van der Waals surface area contributed by atoms with Crippen LogP contribution in [0.15, 0.2) is 59.6 Å². The number of anilines is 1. The largest absolute Gasteiger partial charge is 0.481 e. The lowest BCUT2D eigenvalue weighted by Crippen LogP contribution is -2.60. The minimum Gasteiger partial charge on any atom is -0.481 e. The molecule has 0 aliphatic carbocycles. The second kappa shape index (κ2) is 46.1. The highest BCUT2D eigenvalue weighted by Crippen LogP contribution is 2.31. The van der Waals surface area contributed by atoms with Crippen molar-refractivity contribution in [3.05, 3.63) is 65.7 Å². The highest BCUT2D eigenvalue weighted by molar-refractivity contribution is 6.00. The number of primary amides is 1. The summed E-state index contributed by atoms with van der Waals surface area (Å²) in [6, 6.07) is 4.31. The monoisotopic (exact) mass is 1530 g/mol. The van der Waals surface area contributed by atoms with Crippen LogP contribution in [0.5, 0.6) is 0 Å². The van der Waals surface area contributed by atoms with Gasteiger partial charge in [-0.1, -0.05) is 125 Å². The molecule has 1 aliphatic rings. The van der Waals surface area contributed by atoms with Gasteiger partial charge < -0.3 is 94.0 Å². The predicted octanol–water partition coefficient (Wildman–Crippen LogP) is 2.85. The number of guanidine groups is 1. The van der Waals surface area contributed by atoms with Crippen molar-refractivity contribution in [3.8, 4) is 0 Å². The number of hydrogen-bond donors (Lipinski definition) is 13. The first-order chi connectivity index (χ1) is 51.2. The van der Waals surface area contributed by atoms with Crippen LogP contribution in [0.4, 0.5) is 10.5 Å². The number of nitrogens with two attached hydrogens (primary N) is 3.